The first-order valence-electron chi connectivity index (χ1n) is 4.77. The van der Waals surface area contributed by atoms with Crippen molar-refractivity contribution in [2.75, 3.05) is 6.61 Å². The second kappa shape index (κ2) is 6.12. The van der Waals surface area contributed by atoms with E-state index in [0.717, 1.165) is 5.01 Å². The third kappa shape index (κ3) is 4.33. The zero-order valence-electron chi connectivity index (χ0n) is 9.08. The van der Waals surface area contributed by atoms with Crippen LogP contribution in [0.3, 0.4) is 0 Å². The Bertz CT molecular complexity index is 441. The van der Waals surface area contributed by atoms with Gasteiger partial charge in [0.05, 0.1) is 17.3 Å². The molecule has 0 saturated carbocycles. The van der Waals surface area contributed by atoms with Crippen molar-refractivity contribution >= 4 is 29.3 Å². The Kier molecular flexibility index (Phi) is 4.80. The van der Waals surface area contributed by atoms with Crippen molar-refractivity contribution in [1.29, 1.82) is 0 Å². The maximum atomic E-state index is 11.3. The highest BCUT2D eigenvalue weighted by atomic mass is 32.1. The molecule has 1 atom stereocenters. The monoisotopic (exact) mass is 256 g/mol. The van der Waals surface area contributed by atoms with Gasteiger partial charge in [-0.05, 0) is 13.0 Å². The summed E-state index contributed by atoms with van der Waals surface area (Å²) in [4.78, 5) is 25.9. The lowest BCUT2D eigenvalue weighted by Gasteiger charge is -2.08. The summed E-state index contributed by atoms with van der Waals surface area (Å²) in [5.74, 6) is -1.86. The fourth-order valence-electron chi connectivity index (χ4n) is 1.02. The number of rotatable bonds is 5. The highest BCUT2D eigenvalue weighted by molar-refractivity contribution is 7.09. The number of aryl methyl sites for hydroxylation is 1. The minimum atomic E-state index is -1.29. The molecule has 6 nitrogen and oxygen atoms in total. The Morgan fingerprint density at radius 3 is 2.82 bits per heavy atom. The Morgan fingerprint density at radius 2 is 2.35 bits per heavy atom. The molecule has 17 heavy (non-hydrogen) atoms. The van der Waals surface area contributed by atoms with Crippen LogP contribution in [0.25, 0.3) is 6.08 Å². The smallest absolute Gasteiger partial charge is 0.328 e. The summed E-state index contributed by atoms with van der Waals surface area (Å²) in [5, 5.41) is 22.1. The number of aromatic nitrogens is 1. The number of hydrogen-bond donors (Lipinski definition) is 3. The van der Waals surface area contributed by atoms with Gasteiger partial charge in [0.1, 0.15) is 0 Å². The van der Waals surface area contributed by atoms with E-state index < -0.39 is 24.5 Å². The fourth-order valence-corrected chi connectivity index (χ4v) is 1.60. The number of carboxylic acids is 1. The molecule has 0 aliphatic heterocycles. The van der Waals surface area contributed by atoms with Gasteiger partial charge in [-0.3, -0.25) is 4.79 Å². The summed E-state index contributed by atoms with van der Waals surface area (Å²) in [5.41, 5.74) is 0.638. The number of aliphatic hydroxyl groups is 1. The average Bonchev–Trinajstić information content (AvgIpc) is 2.68. The molecule has 7 heteroatoms. The molecule has 0 radical (unpaired) electrons. The second-order valence-electron chi connectivity index (χ2n) is 3.21. The van der Waals surface area contributed by atoms with Crippen molar-refractivity contribution in [3.63, 3.8) is 0 Å². The van der Waals surface area contributed by atoms with Gasteiger partial charge in [-0.1, -0.05) is 0 Å². The first-order valence-corrected chi connectivity index (χ1v) is 5.65. The van der Waals surface area contributed by atoms with Gasteiger partial charge in [-0.25, -0.2) is 9.78 Å². The lowest BCUT2D eigenvalue weighted by molar-refractivity contribution is -0.142. The SMILES string of the molecule is Cc1nc(/C=C/C(=O)N[C@@H](CO)C(=O)O)cs1. The molecule has 0 unspecified atom stereocenters. The number of nitrogens with one attached hydrogen (secondary N) is 1. The van der Waals surface area contributed by atoms with Gasteiger partial charge < -0.3 is 15.5 Å². The predicted molar refractivity (Wildman–Crippen MR) is 62.5 cm³/mol. The van der Waals surface area contributed by atoms with Crippen molar-refractivity contribution in [2.45, 2.75) is 13.0 Å². The van der Waals surface area contributed by atoms with Crippen molar-refractivity contribution in [3.05, 3.63) is 22.2 Å². The van der Waals surface area contributed by atoms with Crippen molar-refractivity contribution in [3.8, 4) is 0 Å². The molecule has 0 bridgehead atoms. The van der Waals surface area contributed by atoms with Gasteiger partial charge >= 0.3 is 5.97 Å². The van der Waals surface area contributed by atoms with Crippen LogP contribution >= 0.6 is 11.3 Å². The number of aliphatic hydroxyl groups excluding tert-OH is 1. The molecule has 0 fully saturated rings. The van der Waals surface area contributed by atoms with E-state index in [1.165, 1.54) is 23.5 Å². The molecule has 92 valence electrons. The Morgan fingerprint density at radius 1 is 1.65 bits per heavy atom. The van der Waals surface area contributed by atoms with E-state index in [0.29, 0.717) is 5.69 Å². The Hall–Kier alpha value is -1.73. The summed E-state index contributed by atoms with van der Waals surface area (Å²) < 4.78 is 0. The lowest BCUT2D eigenvalue weighted by Crippen LogP contribution is -2.42. The van der Waals surface area contributed by atoms with Crippen LogP contribution in [0.5, 0.6) is 0 Å². The molecule has 0 aliphatic carbocycles. The number of thiazole rings is 1. The molecule has 1 amide bonds. The lowest BCUT2D eigenvalue weighted by atomic mass is 10.3. The van der Waals surface area contributed by atoms with Crippen LogP contribution in [-0.4, -0.2) is 39.7 Å². The molecule has 1 aromatic heterocycles. The summed E-state index contributed by atoms with van der Waals surface area (Å²) in [6.45, 7) is 1.19. The fraction of sp³-hybridized carbons (Fsp3) is 0.300. The second-order valence-corrected chi connectivity index (χ2v) is 4.27. The highest BCUT2D eigenvalue weighted by Crippen LogP contribution is 2.08. The van der Waals surface area contributed by atoms with E-state index in [4.69, 9.17) is 10.2 Å². The first kappa shape index (κ1) is 13.3. The summed E-state index contributed by atoms with van der Waals surface area (Å²) in [7, 11) is 0. The molecule has 3 N–H and O–H groups in total. The molecule has 0 saturated heterocycles. The van der Waals surface area contributed by atoms with Crippen LogP contribution < -0.4 is 5.32 Å². The van der Waals surface area contributed by atoms with Crippen LogP contribution in [0.4, 0.5) is 0 Å². The van der Waals surface area contributed by atoms with Crippen molar-refractivity contribution in [1.82, 2.24) is 10.3 Å². The molecule has 0 aromatic carbocycles. The summed E-state index contributed by atoms with van der Waals surface area (Å²) in [6.07, 6.45) is 2.66. The molecular formula is C10H12N2O4S. The summed E-state index contributed by atoms with van der Waals surface area (Å²) >= 11 is 1.45. The van der Waals surface area contributed by atoms with E-state index in [-0.39, 0.29) is 0 Å². The number of carbonyl (C=O) groups excluding carboxylic acids is 1. The molecule has 1 heterocycles. The van der Waals surface area contributed by atoms with Crippen LogP contribution in [-0.2, 0) is 9.59 Å². The standard InChI is InChI=1S/C10H12N2O4S/c1-6-11-7(5-17-6)2-3-9(14)12-8(4-13)10(15)16/h2-3,5,8,13H,4H2,1H3,(H,12,14)(H,15,16)/b3-2+/t8-/m0/s1. The zero-order valence-corrected chi connectivity index (χ0v) is 9.90. The van der Waals surface area contributed by atoms with Gasteiger partial charge in [0, 0.05) is 11.5 Å². The number of amides is 1. The quantitative estimate of drug-likeness (QED) is 0.645. The third-order valence-electron chi connectivity index (χ3n) is 1.84. The van der Waals surface area contributed by atoms with Crippen LogP contribution in [0.1, 0.15) is 10.7 Å². The predicted octanol–water partition coefficient (Wildman–Crippen LogP) is 0.0264. The Labute approximate surface area is 102 Å². The van der Waals surface area contributed by atoms with E-state index in [1.807, 2.05) is 6.92 Å². The molecule has 1 aromatic rings. The van der Waals surface area contributed by atoms with Gasteiger partial charge in [0.2, 0.25) is 5.91 Å². The van der Waals surface area contributed by atoms with Gasteiger partial charge in [-0.2, -0.15) is 0 Å². The van der Waals surface area contributed by atoms with Gasteiger partial charge in [0.15, 0.2) is 6.04 Å². The number of nitrogens with zero attached hydrogens (tertiary/aromatic N) is 1. The minimum Gasteiger partial charge on any atom is -0.480 e. The molecule has 0 aliphatic rings. The zero-order chi connectivity index (χ0) is 12.8. The van der Waals surface area contributed by atoms with E-state index in [2.05, 4.69) is 10.3 Å². The normalized spacial score (nSPS) is 12.6. The van der Waals surface area contributed by atoms with Crippen LogP contribution in [0.2, 0.25) is 0 Å². The number of carbonyl (C=O) groups is 2. The van der Waals surface area contributed by atoms with E-state index in [9.17, 15) is 9.59 Å². The number of hydrogen-bond acceptors (Lipinski definition) is 5. The largest absolute Gasteiger partial charge is 0.480 e. The third-order valence-corrected chi connectivity index (χ3v) is 2.63. The number of aliphatic carboxylic acids is 1. The highest BCUT2D eigenvalue weighted by Gasteiger charge is 2.16. The molecule has 1 rings (SSSR count). The maximum Gasteiger partial charge on any atom is 0.328 e. The maximum absolute atomic E-state index is 11.3. The average molecular weight is 256 g/mol. The molecular weight excluding hydrogens is 244 g/mol. The Balaban J connectivity index is 2.54. The topological polar surface area (TPSA) is 99.5 Å². The van der Waals surface area contributed by atoms with Crippen molar-refractivity contribution < 1.29 is 19.8 Å². The molecule has 0 spiro atoms. The van der Waals surface area contributed by atoms with Crippen LogP contribution in [0.15, 0.2) is 11.5 Å². The first-order chi connectivity index (χ1) is 8.02. The number of carboxylic acid groups (broad SMARTS) is 1. The van der Waals surface area contributed by atoms with E-state index in [1.54, 1.807) is 5.38 Å². The summed E-state index contributed by atoms with van der Waals surface area (Å²) in [6, 6.07) is -1.29. The van der Waals surface area contributed by atoms with E-state index >= 15 is 0 Å². The van der Waals surface area contributed by atoms with Gasteiger partial charge in [0.25, 0.3) is 0 Å². The van der Waals surface area contributed by atoms with Crippen molar-refractivity contribution in [2.24, 2.45) is 0 Å². The van der Waals surface area contributed by atoms with Gasteiger partial charge in [-0.15, -0.1) is 11.3 Å². The minimum absolute atomic E-state index is 0.586. The van der Waals surface area contributed by atoms with Crippen LogP contribution in [0, 0.1) is 6.92 Å².